The lowest BCUT2D eigenvalue weighted by atomic mass is 9.98. The maximum Gasteiger partial charge on any atom is 0.243 e. The second-order valence-electron chi connectivity index (χ2n) is 7.81. The number of nitrogens with zero attached hydrogens (tertiary/aromatic N) is 3. The normalized spacial score (nSPS) is 20.7. The van der Waals surface area contributed by atoms with Crippen LogP contribution in [0.15, 0.2) is 47.6 Å². The van der Waals surface area contributed by atoms with Crippen LogP contribution < -0.4 is 0 Å². The van der Waals surface area contributed by atoms with Crippen molar-refractivity contribution in [2.24, 2.45) is 5.92 Å². The number of amides is 1. The Morgan fingerprint density at radius 2 is 2.00 bits per heavy atom. The summed E-state index contributed by atoms with van der Waals surface area (Å²) in [7, 11) is -3.68. The van der Waals surface area contributed by atoms with Gasteiger partial charge < -0.3 is 4.90 Å². The summed E-state index contributed by atoms with van der Waals surface area (Å²) in [6, 6.07) is 11.8. The minimum atomic E-state index is -3.68. The summed E-state index contributed by atoms with van der Waals surface area (Å²) >= 11 is 0. The number of carbonyl (C=O) groups is 1. The number of aromatic nitrogens is 1. The number of hydrogen-bond donors (Lipinski definition) is 0. The van der Waals surface area contributed by atoms with Crippen molar-refractivity contribution < 1.29 is 13.2 Å². The van der Waals surface area contributed by atoms with E-state index in [0.717, 1.165) is 37.9 Å². The number of piperidine rings is 1. The summed E-state index contributed by atoms with van der Waals surface area (Å²) < 4.78 is 28.4. The highest BCUT2D eigenvalue weighted by Crippen LogP contribution is 2.28. The Morgan fingerprint density at radius 3 is 2.76 bits per heavy atom. The molecule has 1 radical (unpaired) electrons. The van der Waals surface area contributed by atoms with Crippen molar-refractivity contribution in [3.8, 4) is 0 Å². The number of carbonyl (C=O) groups excluding carboxylic acids is 1. The van der Waals surface area contributed by atoms with Crippen LogP contribution in [0.2, 0.25) is 0 Å². The summed E-state index contributed by atoms with van der Waals surface area (Å²) in [6.45, 7) is 2.32. The van der Waals surface area contributed by atoms with Gasteiger partial charge >= 0.3 is 0 Å². The lowest BCUT2D eigenvalue weighted by Crippen LogP contribution is -2.46. The molecule has 2 aliphatic heterocycles. The van der Waals surface area contributed by atoms with Gasteiger partial charge in [-0.2, -0.15) is 4.31 Å². The fraction of sp³-hybridized carbons (Fsp3) is 0.455. The largest absolute Gasteiger partial charge is 0.342 e. The van der Waals surface area contributed by atoms with Crippen LogP contribution in [0.5, 0.6) is 0 Å². The van der Waals surface area contributed by atoms with Gasteiger partial charge in [0.05, 0.1) is 10.8 Å². The van der Waals surface area contributed by atoms with Crippen LogP contribution in [0.4, 0.5) is 0 Å². The van der Waals surface area contributed by atoms with E-state index in [1.807, 2.05) is 17.0 Å². The molecular weight excluding hydrogens is 386 g/mol. The average molecular weight is 413 g/mol. The van der Waals surface area contributed by atoms with Crippen LogP contribution in [0.25, 0.3) is 0 Å². The monoisotopic (exact) mass is 412 g/mol. The molecule has 2 aliphatic rings. The van der Waals surface area contributed by atoms with Gasteiger partial charge in [-0.25, -0.2) is 8.42 Å². The van der Waals surface area contributed by atoms with Crippen molar-refractivity contribution in [3.05, 3.63) is 59.9 Å². The average Bonchev–Trinajstić information content (AvgIpc) is 3.29. The van der Waals surface area contributed by atoms with Gasteiger partial charge in [0.2, 0.25) is 15.9 Å². The molecule has 2 saturated heterocycles. The van der Waals surface area contributed by atoms with E-state index in [4.69, 9.17) is 0 Å². The second kappa shape index (κ2) is 8.63. The molecule has 0 bridgehead atoms. The molecule has 4 rings (SSSR count). The molecule has 153 valence electrons. The maximum atomic E-state index is 13.5. The third-order valence-electron chi connectivity index (χ3n) is 5.79. The van der Waals surface area contributed by atoms with Crippen LogP contribution in [-0.4, -0.2) is 54.7 Å². The van der Waals surface area contributed by atoms with E-state index < -0.39 is 10.0 Å². The molecule has 0 spiro atoms. The zero-order valence-electron chi connectivity index (χ0n) is 16.5. The number of likely N-dealkylation sites (tertiary alicyclic amines) is 1. The van der Waals surface area contributed by atoms with E-state index in [1.165, 1.54) is 4.31 Å². The first-order valence-electron chi connectivity index (χ1n) is 10.2. The molecule has 1 aromatic heterocycles. The number of benzene rings is 1. The molecule has 0 aliphatic carbocycles. The highest BCUT2D eigenvalue weighted by Gasteiger charge is 2.36. The predicted octanol–water partition coefficient (Wildman–Crippen LogP) is 2.50. The van der Waals surface area contributed by atoms with Crippen molar-refractivity contribution >= 4 is 15.9 Å². The van der Waals surface area contributed by atoms with Gasteiger partial charge in [-0.05, 0) is 61.1 Å². The van der Waals surface area contributed by atoms with E-state index in [9.17, 15) is 13.2 Å². The minimum Gasteiger partial charge on any atom is -0.342 e. The molecule has 1 amide bonds. The van der Waals surface area contributed by atoms with Crippen LogP contribution in [0.3, 0.4) is 0 Å². The first-order valence-corrected chi connectivity index (χ1v) is 11.7. The molecule has 7 heteroatoms. The molecule has 0 unspecified atom stereocenters. The van der Waals surface area contributed by atoms with Crippen molar-refractivity contribution in [2.75, 3.05) is 26.2 Å². The first kappa shape index (κ1) is 20.0. The summed E-state index contributed by atoms with van der Waals surface area (Å²) in [5.41, 5.74) is 1.65. The fourth-order valence-corrected chi connectivity index (χ4v) is 5.99. The van der Waals surface area contributed by atoms with Crippen molar-refractivity contribution in [2.45, 2.75) is 37.0 Å². The molecule has 0 saturated carbocycles. The molecule has 0 N–H and O–H groups in total. The molecule has 29 heavy (non-hydrogen) atoms. The van der Waals surface area contributed by atoms with Crippen LogP contribution in [0, 0.1) is 12.0 Å². The van der Waals surface area contributed by atoms with Gasteiger partial charge in [0.15, 0.2) is 0 Å². The zero-order valence-corrected chi connectivity index (χ0v) is 17.3. The van der Waals surface area contributed by atoms with Crippen LogP contribution >= 0.6 is 0 Å². The summed E-state index contributed by atoms with van der Waals surface area (Å²) in [6.07, 6.45) is 7.46. The Kier molecular flexibility index (Phi) is 5.96. The lowest BCUT2D eigenvalue weighted by molar-refractivity contribution is -0.135. The zero-order chi connectivity index (χ0) is 20.3. The molecule has 6 nitrogen and oxygen atoms in total. The molecule has 1 aromatic carbocycles. The van der Waals surface area contributed by atoms with E-state index in [-0.39, 0.29) is 18.4 Å². The van der Waals surface area contributed by atoms with E-state index >= 15 is 0 Å². The Morgan fingerprint density at radius 1 is 1.17 bits per heavy atom. The molecule has 3 heterocycles. The Labute approximate surface area is 172 Å². The lowest BCUT2D eigenvalue weighted by Gasteiger charge is -2.33. The number of rotatable bonds is 5. The Balaban J connectivity index is 1.56. The van der Waals surface area contributed by atoms with E-state index in [0.29, 0.717) is 29.8 Å². The summed E-state index contributed by atoms with van der Waals surface area (Å²) in [4.78, 5) is 19.1. The van der Waals surface area contributed by atoms with Crippen molar-refractivity contribution in [1.29, 1.82) is 0 Å². The Bertz CT molecular complexity index is 956. The molecule has 2 fully saturated rings. The quantitative estimate of drug-likeness (QED) is 0.757. The third-order valence-corrected chi connectivity index (χ3v) is 7.76. The van der Waals surface area contributed by atoms with Crippen LogP contribution in [0.1, 0.15) is 36.8 Å². The van der Waals surface area contributed by atoms with Gasteiger partial charge in [0, 0.05) is 45.0 Å². The van der Waals surface area contributed by atoms with Gasteiger partial charge in [0.25, 0.3) is 0 Å². The highest BCUT2D eigenvalue weighted by molar-refractivity contribution is 7.89. The minimum absolute atomic E-state index is 0.111. The number of sulfonamides is 1. The van der Waals surface area contributed by atoms with E-state index in [1.54, 1.807) is 30.6 Å². The number of hydrogen-bond acceptors (Lipinski definition) is 4. The fourth-order valence-electron chi connectivity index (χ4n) is 4.26. The third kappa shape index (κ3) is 4.36. The maximum absolute atomic E-state index is 13.5. The highest BCUT2D eigenvalue weighted by atomic mass is 32.2. The van der Waals surface area contributed by atoms with Gasteiger partial charge in [-0.1, -0.05) is 12.1 Å². The predicted molar refractivity (Wildman–Crippen MR) is 110 cm³/mol. The van der Waals surface area contributed by atoms with E-state index in [2.05, 4.69) is 11.1 Å². The number of pyridine rings is 1. The van der Waals surface area contributed by atoms with Crippen molar-refractivity contribution in [1.82, 2.24) is 14.2 Å². The van der Waals surface area contributed by atoms with Crippen LogP contribution in [-0.2, 0) is 21.2 Å². The second-order valence-corrected chi connectivity index (χ2v) is 9.71. The van der Waals surface area contributed by atoms with Gasteiger partial charge in [0.1, 0.15) is 0 Å². The molecule has 2 aromatic rings. The van der Waals surface area contributed by atoms with Gasteiger partial charge in [-0.15, -0.1) is 0 Å². The smallest absolute Gasteiger partial charge is 0.243 e. The Hall–Kier alpha value is -2.25. The topological polar surface area (TPSA) is 70.6 Å². The van der Waals surface area contributed by atoms with Crippen molar-refractivity contribution in [3.63, 3.8) is 0 Å². The first-order chi connectivity index (χ1) is 14.1. The summed E-state index contributed by atoms with van der Waals surface area (Å²) in [5, 5.41) is 0. The SMILES string of the molecule is O=C([C@H]1CCCN(S(=O)(=O)c2cc[c]cc2Cc2cccnc2)C1)N1CCCC1. The molecular formula is C22H26N3O3S. The summed E-state index contributed by atoms with van der Waals surface area (Å²) in [5.74, 6) is -0.131. The van der Waals surface area contributed by atoms with Gasteiger partial charge in [-0.3, -0.25) is 9.78 Å². The standard InChI is InChI=1S/C22H26N3O3S/c26-22(24-12-3-4-13-24)20-9-6-14-25(17-20)29(27,28)21-10-2-1-8-19(21)15-18-7-5-11-23-16-18/h2,5,7-8,10-11,16,20H,3-4,6,9,12-15,17H2/t20-/m0/s1. The molecule has 1 atom stereocenters.